The fraction of sp³-hybridized carbons (Fsp3) is 0.462. The number of β-amino-alcohol motifs (C(OH)–C–C–N with tert-alkyl or cyclic N) is 1. The Morgan fingerprint density at radius 3 is 2.95 bits per heavy atom. The number of hydrogen-bond acceptors (Lipinski definition) is 3. The molecule has 1 aromatic rings. The Morgan fingerprint density at radius 1 is 1.58 bits per heavy atom. The second kappa shape index (κ2) is 5.54. The third-order valence-corrected chi connectivity index (χ3v) is 3.21. The minimum atomic E-state index is -0.901. The number of carbonyl (C=O) groups excluding carboxylic acids is 1. The lowest BCUT2D eigenvalue weighted by Crippen LogP contribution is -2.46. The third kappa shape index (κ3) is 3.42. The van der Waals surface area contributed by atoms with Crippen LogP contribution in [-0.4, -0.2) is 48.3 Å². The van der Waals surface area contributed by atoms with E-state index in [0.29, 0.717) is 13.0 Å². The summed E-state index contributed by atoms with van der Waals surface area (Å²) < 4.78 is 13.4. The number of benzene rings is 1. The minimum Gasteiger partial charge on any atom is -0.387 e. The van der Waals surface area contributed by atoms with Crippen LogP contribution in [0.25, 0.3) is 0 Å². The van der Waals surface area contributed by atoms with Crippen LogP contribution in [0.5, 0.6) is 0 Å². The fourth-order valence-corrected chi connectivity index (χ4v) is 2.15. The summed E-state index contributed by atoms with van der Waals surface area (Å²) in [6.07, 6.45) is 0.602. The highest BCUT2D eigenvalue weighted by atomic mass is 19.1. The standard InChI is InChI=1S/C13H18FN3O2/c1-17(9-13(19)6-7-15-8-13)12(18)16-11-5-3-2-4-10(11)14/h2-5,15,19H,6-9H2,1H3,(H,16,18). The molecule has 0 aliphatic carbocycles. The van der Waals surface area contributed by atoms with Gasteiger partial charge in [0.25, 0.3) is 0 Å². The number of likely N-dealkylation sites (N-methyl/N-ethyl adjacent to an activating group) is 1. The quantitative estimate of drug-likeness (QED) is 0.766. The first-order chi connectivity index (χ1) is 9.00. The van der Waals surface area contributed by atoms with Crippen molar-refractivity contribution in [3.63, 3.8) is 0 Å². The molecule has 1 unspecified atom stereocenters. The first kappa shape index (κ1) is 13.8. The largest absolute Gasteiger partial charge is 0.387 e. The van der Waals surface area contributed by atoms with Crippen LogP contribution in [0.4, 0.5) is 14.9 Å². The summed E-state index contributed by atoms with van der Waals surface area (Å²) in [6, 6.07) is 5.54. The van der Waals surface area contributed by atoms with Gasteiger partial charge in [0.2, 0.25) is 0 Å². The van der Waals surface area contributed by atoms with Crippen LogP contribution < -0.4 is 10.6 Å². The molecule has 1 heterocycles. The molecule has 0 saturated carbocycles. The van der Waals surface area contributed by atoms with Gasteiger partial charge in [0.1, 0.15) is 5.82 Å². The summed E-state index contributed by atoms with van der Waals surface area (Å²) in [5, 5.41) is 15.7. The molecule has 104 valence electrons. The van der Waals surface area contributed by atoms with Crippen molar-refractivity contribution in [1.29, 1.82) is 0 Å². The second-order valence-electron chi connectivity index (χ2n) is 4.92. The van der Waals surface area contributed by atoms with Crippen LogP contribution in [-0.2, 0) is 0 Å². The molecule has 19 heavy (non-hydrogen) atoms. The lowest BCUT2D eigenvalue weighted by Gasteiger charge is -2.28. The van der Waals surface area contributed by atoms with E-state index in [1.54, 1.807) is 19.2 Å². The maximum Gasteiger partial charge on any atom is 0.321 e. The van der Waals surface area contributed by atoms with Crippen molar-refractivity contribution in [3.8, 4) is 0 Å². The number of nitrogens with one attached hydrogen (secondary N) is 2. The Bertz CT molecular complexity index is 461. The van der Waals surface area contributed by atoms with Crippen molar-refractivity contribution >= 4 is 11.7 Å². The molecule has 2 rings (SSSR count). The molecule has 3 N–H and O–H groups in total. The molecule has 0 spiro atoms. The number of urea groups is 1. The number of halogens is 1. The molecule has 0 bridgehead atoms. The van der Waals surface area contributed by atoms with E-state index >= 15 is 0 Å². The minimum absolute atomic E-state index is 0.135. The smallest absolute Gasteiger partial charge is 0.321 e. The molecule has 1 aromatic carbocycles. The van der Waals surface area contributed by atoms with Crippen molar-refractivity contribution in [3.05, 3.63) is 30.1 Å². The zero-order chi connectivity index (χ0) is 13.9. The molecule has 1 aliphatic heterocycles. The van der Waals surface area contributed by atoms with Crippen LogP contribution in [0, 0.1) is 5.82 Å². The van der Waals surface area contributed by atoms with Crippen molar-refractivity contribution in [2.24, 2.45) is 0 Å². The predicted molar refractivity (Wildman–Crippen MR) is 70.5 cm³/mol. The zero-order valence-corrected chi connectivity index (χ0v) is 10.8. The van der Waals surface area contributed by atoms with Gasteiger partial charge in [-0.25, -0.2) is 9.18 Å². The van der Waals surface area contributed by atoms with Crippen molar-refractivity contribution in [2.75, 3.05) is 32.0 Å². The molecule has 6 heteroatoms. The maximum atomic E-state index is 13.4. The van der Waals surface area contributed by atoms with E-state index in [-0.39, 0.29) is 12.2 Å². The van der Waals surface area contributed by atoms with E-state index < -0.39 is 17.4 Å². The normalized spacial score (nSPS) is 22.3. The number of aliphatic hydroxyl groups is 1. The van der Waals surface area contributed by atoms with Crippen LogP contribution >= 0.6 is 0 Å². The van der Waals surface area contributed by atoms with E-state index in [1.807, 2.05) is 0 Å². The van der Waals surface area contributed by atoms with Gasteiger partial charge in [-0.15, -0.1) is 0 Å². The summed E-state index contributed by atoms with van der Waals surface area (Å²) in [4.78, 5) is 13.3. The molecule has 5 nitrogen and oxygen atoms in total. The van der Waals surface area contributed by atoms with E-state index in [0.717, 1.165) is 6.54 Å². The Kier molecular flexibility index (Phi) is 4.01. The molecule has 0 radical (unpaired) electrons. The number of carbonyl (C=O) groups is 1. The van der Waals surface area contributed by atoms with Gasteiger partial charge in [-0.1, -0.05) is 12.1 Å². The average molecular weight is 267 g/mol. The van der Waals surface area contributed by atoms with Gasteiger partial charge in [0.15, 0.2) is 0 Å². The van der Waals surface area contributed by atoms with Crippen LogP contribution in [0.3, 0.4) is 0 Å². The predicted octanol–water partition coefficient (Wildman–Crippen LogP) is 1.01. The fourth-order valence-electron chi connectivity index (χ4n) is 2.15. The van der Waals surface area contributed by atoms with Gasteiger partial charge in [0, 0.05) is 13.6 Å². The molecular weight excluding hydrogens is 249 g/mol. The molecule has 1 fully saturated rings. The van der Waals surface area contributed by atoms with Gasteiger partial charge in [-0.3, -0.25) is 0 Å². The number of hydrogen-bond donors (Lipinski definition) is 3. The van der Waals surface area contributed by atoms with E-state index in [4.69, 9.17) is 0 Å². The van der Waals surface area contributed by atoms with Crippen LogP contribution in [0.1, 0.15) is 6.42 Å². The summed E-state index contributed by atoms with van der Waals surface area (Å²) in [5.41, 5.74) is -0.766. The first-order valence-corrected chi connectivity index (χ1v) is 6.20. The SMILES string of the molecule is CN(CC1(O)CCNC1)C(=O)Nc1ccccc1F. The topological polar surface area (TPSA) is 64.6 Å². The Labute approximate surface area is 111 Å². The Balaban J connectivity index is 1.94. The Morgan fingerprint density at radius 2 is 2.32 bits per heavy atom. The van der Waals surface area contributed by atoms with Crippen LogP contribution in [0.15, 0.2) is 24.3 Å². The van der Waals surface area contributed by atoms with Gasteiger partial charge < -0.3 is 20.6 Å². The summed E-state index contributed by atoms with van der Waals surface area (Å²) in [6.45, 7) is 1.41. The van der Waals surface area contributed by atoms with E-state index in [1.165, 1.54) is 17.0 Å². The van der Waals surface area contributed by atoms with E-state index in [2.05, 4.69) is 10.6 Å². The van der Waals surface area contributed by atoms with Gasteiger partial charge in [-0.05, 0) is 25.1 Å². The number of rotatable bonds is 3. The summed E-state index contributed by atoms with van der Waals surface area (Å²) >= 11 is 0. The number of nitrogens with zero attached hydrogens (tertiary/aromatic N) is 1. The molecule has 0 aromatic heterocycles. The van der Waals surface area contributed by atoms with Crippen molar-refractivity contribution in [1.82, 2.24) is 10.2 Å². The summed E-state index contributed by atoms with van der Waals surface area (Å²) in [5.74, 6) is -0.481. The first-order valence-electron chi connectivity index (χ1n) is 6.20. The monoisotopic (exact) mass is 267 g/mol. The summed E-state index contributed by atoms with van der Waals surface area (Å²) in [7, 11) is 1.58. The molecular formula is C13H18FN3O2. The zero-order valence-electron chi connectivity index (χ0n) is 10.8. The number of amides is 2. The average Bonchev–Trinajstić information content (AvgIpc) is 2.78. The lowest BCUT2D eigenvalue weighted by atomic mass is 10.0. The van der Waals surface area contributed by atoms with Crippen LogP contribution in [0.2, 0.25) is 0 Å². The lowest BCUT2D eigenvalue weighted by molar-refractivity contribution is 0.0384. The molecule has 1 atom stereocenters. The maximum absolute atomic E-state index is 13.4. The molecule has 2 amide bonds. The van der Waals surface area contributed by atoms with Crippen molar-refractivity contribution < 1.29 is 14.3 Å². The number of para-hydroxylation sites is 1. The molecule has 1 aliphatic rings. The highest BCUT2D eigenvalue weighted by Crippen LogP contribution is 2.17. The molecule has 1 saturated heterocycles. The highest BCUT2D eigenvalue weighted by molar-refractivity contribution is 5.89. The van der Waals surface area contributed by atoms with Crippen molar-refractivity contribution in [2.45, 2.75) is 12.0 Å². The van der Waals surface area contributed by atoms with E-state index in [9.17, 15) is 14.3 Å². The van der Waals surface area contributed by atoms with Gasteiger partial charge in [-0.2, -0.15) is 0 Å². The number of anilines is 1. The Hall–Kier alpha value is -1.66. The highest BCUT2D eigenvalue weighted by Gasteiger charge is 2.33. The van der Waals surface area contributed by atoms with Gasteiger partial charge >= 0.3 is 6.03 Å². The third-order valence-electron chi connectivity index (χ3n) is 3.21. The van der Waals surface area contributed by atoms with Gasteiger partial charge in [0.05, 0.1) is 17.8 Å². The second-order valence-corrected chi connectivity index (χ2v) is 4.92.